The van der Waals surface area contributed by atoms with Crippen LogP contribution in [0.2, 0.25) is 0 Å². The maximum Gasteiger partial charge on any atom is 0.243 e. The summed E-state index contributed by atoms with van der Waals surface area (Å²) in [6, 6.07) is 5.84. The van der Waals surface area contributed by atoms with Crippen LogP contribution in [0.5, 0.6) is 0 Å². The molecule has 0 bridgehead atoms. The Bertz CT molecular complexity index is 717. The Morgan fingerprint density at radius 3 is 2.25 bits per heavy atom. The van der Waals surface area contributed by atoms with Crippen molar-refractivity contribution in [3.63, 3.8) is 0 Å². The minimum absolute atomic E-state index is 0. The van der Waals surface area contributed by atoms with Crippen LogP contribution in [0.15, 0.2) is 29.2 Å². The number of sulfonamides is 1. The highest BCUT2D eigenvalue weighted by atomic mass is 35.5. The zero-order valence-electron chi connectivity index (χ0n) is 16.8. The molecule has 9 heteroatoms. The lowest BCUT2D eigenvalue weighted by molar-refractivity contribution is -0.125. The van der Waals surface area contributed by atoms with Gasteiger partial charge in [-0.25, -0.2) is 8.42 Å². The monoisotopic (exact) mass is 433 g/mol. The van der Waals surface area contributed by atoms with Gasteiger partial charge in [-0.3, -0.25) is 4.79 Å². The fraction of sp³-hybridized carbons (Fsp3) is 0.632. The molecule has 28 heavy (non-hydrogen) atoms. The number of halogens is 1. The first-order chi connectivity index (χ1) is 12.8. The highest BCUT2D eigenvalue weighted by Crippen LogP contribution is 2.21. The molecule has 7 nitrogen and oxygen atoms in total. The minimum Gasteiger partial charge on any atom is -0.381 e. The van der Waals surface area contributed by atoms with Gasteiger partial charge in [0.2, 0.25) is 15.9 Å². The summed E-state index contributed by atoms with van der Waals surface area (Å²) in [7, 11) is -3.48. The second-order valence-corrected chi connectivity index (χ2v) is 8.80. The second-order valence-electron chi connectivity index (χ2n) is 6.86. The lowest BCUT2D eigenvalue weighted by Gasteiger charge is -2.28. The summed E-state index contributed by atoms with van der Waals surface area (Å²) >= 11 is 0. The molecule has 1 amide bonds. The number of nitrogens with two attached hydrogens (primary N) is 1. The quantitative estimate of drug-likeness (QED) is 0.653. The first-order valence-corrected chi connectivity index (χ1v) is 11.0. The van der Waals surface area contributed by atoms with Gasteiger partial charge in [-0.05, 0) is 43.4 Å². The van der Waals surface area contributed by atoms with Gasteiger partial charge < -0.3 is 15.8 Å². The van der Waals surface area contributed by atoms with Crippen molar-refractivity contribution in [2.75, 3.05) is 26.3 Å². The van der Waals surface area contributed by atoms with E-state index < -0.39 is 16.1 Å². The zero-order valence-corrected chi connectivity index (χ0v) is 18.4. The van der Waals surface area contributed by atoms with Crippen LogP contribution < -0.4 is 11.1 Å². The first kappa shape index (κ1) is 24.8. The fourth-order valence-electron chi connectivity index (χ4n) is 3.32. The average molecular weight is 434 g/mol. The summed E-state index contributed by atoms with van der Waals surface area (Å²) in [4.78, 5) is 12.7. The molecule has 1 aliphatic rings. The van der Waals surface area contributed by atoms with Gasteiger partial charge in [-0.1, -0.05) is 26.0 Å². The Labute approximate surface area is 174 Å². The molecule has 160 valence electrons. The predicted molar refractivity (Wildman–Crippen MR) is 112 cm³/mol. The van der Waals surface area contributed by atoms with Gasteiger partial charge >= 0.3 is 0 Å². The van der Waals surface area contributed by atoms with Crippen LogP contribution in [0.3, 0.4) is 0 Å². The number of nitrogens with zero attached hydrogens (tertiary/aromatic N) is 1. The molecular formula is C19H32ClN3O4S. The second kappa shape index (κ2) is 11.1. The van der Waals surface area contributed by atoms with E-state index >= 15 is 0 Å². The van der Waals surface area contributed by atoms with Crippen LogP contribution in [0.4, 0.5) is 0 Å². The van der Waals surface area contributed by atoms with E-state index in [1.165, 1.54) is 4.31 Å². The Morgan fingerprint density at radius 2 is 1.75 bits per heavy atom. The molecule has 0 saturated carbocycles. The summed E-state index contributed by atoms with van der Waals surface area (Å²) in [5.41, 5.74) is 6.95. The van der Waals surface area contributed by atoms with E-state index in [1.807, 2.05) is 20.8 Å². The third-order valence-electron chi connectivity index (χ3n) is 5.16. The molecule has 1 heterocycles. The molecule has 1 aliphatic heterocycles. The first-order valence-electron chi connectivity index (χ1n) is 9.55. The molecular weight excluding hydrogens is 402 g/mol. The Morgan fingerprint density at radius 1 is 1.21 bits per heavy atom. The summed E-state index contributed by atoms with van der Waals surface area (Å²) in [6.45, 7) is 7.63. The van der Waals surface area contributed by atoms with Crippen LogP contribution >= 0.6 is 12.4 Å². The fourth-order valence-corrected chi connectivity index (χ4v) is 4.78. The van der Waals surface area contributed by atoms with Gasteiger partial charge in [-0.15, -0.1) is 12.4 Å². The smallest absolute Gasteiger partial charge is 0.243 e. The van der Waals surface area contributed by atoms with Crippen LogP contribution in [-0.4, -0.2) is 51.0 Å². The molecule has 0 radical (unpaired) electrons. The Balaban J connectivity index is 0.00000392. The standard InChI is InChI=1S/C19H31N3O4S.ClH/c1-4-22(5-2)27(24,25)17-8-6-15(7-9-17)14(3)21-19(23)18(20)16-10-12-26-13-11-16;/h6-9,14,16,18H,4-5,10-13,20H2,1-3H3,(H,21,23);1H. The van der Waals surface area contributed by atoms with Crippen LogP contribution in [0.1, 0.15) is 45.2 Å². The molecule has 1 saturated heterocycles. The van der Waals surface area contributed by atoms with E-state index in [4.69, 9.17) is 10.5 Å². The zero-order chi connectivity index (χ0) is 20.0. The van der Waals surface area contributed by atoms with E-state index in [9.17, 15) is 13.2 Å². The SMILES string of the molecule is CCN(CC)S(=O)(=O)c1ccc(C(C)NC(=O)C(N)C2CCOCC2)cc1.Cl. The molecule has 0 aliphatic carbocycles. The van der Waals surface area contributed by atoms with Crippen LogP contribution in [-0.2, 0) is 19.6 Å². The number of amides is 1. The lowest BCUT2D eigenvalue weighted by atomic mass is 9.91. The van der Waals surface area contributed by atoms with E-state index in [-0.39, 0.29) is 35.2 Å². The van der Waals surface area contributed by atoms with Gasteiger partial charge in [0.15, 0.2) is 0 Å². The number of rotatable bonds is 8. The van der Waals surface area contributed by atoms with Crippen molar-refractivity contribution in [3.8, 4) is 0 Å². The summed E-state index contributed by atoms with van der Waals surface area (Å²) in [6.07, 6.45) is 1.59. The molecule has 2 rings (SSSR count). The molecule has 2 unspecified atom stereocenters. The molecule has 1 aromatic rings. The number of carbonyl (C=O) groups excluding carboxylic acids is 1. The van der Waals surface area contributed by atoms with Gasteiger partial charge in [0.25, 0.3) is 0 Å². The van der Waals surface area contributed by atoms with E-state index in [2.05, 4.69) is 5.32 Å². The Hall–Kier alpha value is -1.19. The summed E-state index contributed by atoms with van der Waals surface area (Å²) in [5, 5.41) is 2.93. The topological polar surface area (TPSA) is 102 Å². The predicted octanol–water partition coefficient (Wildman–Crippen LogP) is 2.07. The summed E-state index contributed by atoms with van der Waals surface area (Å²) in [5.74, 6) is -0.0539. The van der Waals surface area contributed by atoms with Gasteiger partial charge in [0, 0.05) is 26.3 Å². The molecule has 0 aromatic heterocycles. The van der Waals surface area contributed by atoms with Gasteiger partial charge in [0.05, 0.1) is 17.0 Å². The maximum absolute atomic E-state index is 12.5. The number of benzene rings is 1. The van der Waals surface area contributed by atoms with E-state index in [0.29, 0.717) is 26.3 Å². The minimum atomic E-state index is -3.48. The van der Waals surface area contributed by atoms with Crippen molar-refractivity contribution in [2.24, 2.45) is 11.7 Å². The van der Waals surface area contributed by atoms with Gasteiger partial charge in [0.1, 0.15) is 0 Å². The molecule has 0 spiro atoms. The van der Waals surface area contributed by atoms with Crippen molar-refractivity contribution in [3.05, 3.63) is 29.8 Å². The van der Waals surface area contributed by atoms with Crippen LogP contribution in [0.25, 0.3) is 0 Å². The van der Waals surface area contributed by atoms with E-state index in [1.54, 1.807) is 24.3 Å². The maximum atomic E-state index is 12.5. The third kappa shape index (κ3) is 5.90. The highest BCUT2D eigenvalue weighted by Gasteiger charge is 2.27. The lowest BCUT2D eigenvalue weighted by Crippen LogP contribution is -2.47. The molecule has 1 fully saturated rings. The Kier molecular flexibility index (Phi) is 9.86. The van der Waals surface area contributed by atoms with Crippen molar-refractivity contribution in [1.29, 1.82) is 0 Å². The molecule has 2 atom stereocenters. The molecule has 1 aromatic carbocycles. The number of nitrogens with one attached hydrogen (secondary N) is 1. The third-order valence-corrected chi connectivity index (χ3v) is 7.22. The normalized spacial score (nSPS) is 17.6. The van der Waals surface area contributed by atoms with Gasteiger partial charge in [-0.2, -0.15) is 4.31 Å². The number of hydrogen-bond donors (Lipinski definition) is 2. The highest BCUT2D eigenvalue weighted by molar-refractivity contribution is 7.89. The van der Waals surface area contributed by atoms with Crippen molar-refractivity contribution in [2.45, 2.75) is 50.6 Å². The largest absolute Gasteiger partial charge is 0.381 e. The average Bonchev–Trinajstić information content (AvgIpc) is 2.68. The van der Waals surface area contributed by atoms with Crippen molar-refractivity contribution >= 4 is 28.3 Å². The van der Waals surface area contributed by atoms with Crippen molar-refractivity contribution in [1.82, 2.24) is 9.62 Å². The number of hydrogen-bond acceptors (Lipinski definition) is 5. The van der Waals surface area contributed by atoms with Crippen molar-refractivity contribution < 1.29 is 17.9 Å². The summed E-state index contributed by atoms with van der Waals surface area (Å²) < 4.78 is 31.8. The molecule has 3 N–H and O–H groups in total. The number of ether oxygens (including phenoxy) is 1. The van der Waals surface area contributed by atoms with Crippen LogP contribution in [0, 0.1) is 5.92 Å². The van der Waals surface area contributed by atoms with E-state index in [0.717, 1.165) is 18.4 Å². The number of carbonyl (C=O) groups is 1.